The second-order valence-electron chi connectivity index (χ2n) is 5.66. The Balaban J connectivity index is 1.83. The van der Waals surface area contributed by atoms with E-state index < -0.39 is 5.97 Å². The van der Waals surface area contributed by atoms with Crippen LogP contribution in [0.25, 0.3) is 10.9 Å². The van der Waals surface area contributed by atoms with Gasteiger partial charge in [0.1, 0.15) is 5.75 Å². The van der Waals surface area contributed by atoms with E-state index in [0.29, 0.717) is 29.3 Å². The Morgan fingerprint density at radius 2 is 1.72 bits per heavy atom. The van der Waals surface area contributed by atoms with E-state index in [9.17, 15) is 9.59 Å². The van der Waals surface area contributed by atoms with Crippen molar-refractivity contribution in [3.63, 3.8) is 0 Å². The van der Waals surface area contributed by atoms with Crippen molar-refractivity contribution in [3.05, 3.63) is 65.9 Å². The monoisotopic (exact) mass is 337 g/mol. The third-order valence-corrected chi connectivity index (χ3v) is 4.17. The minimum atomic E-state index is -0.446. The van der Waals surface area contributed by atoms with Crippen LogP contribution in [0.2, 0.25) is 0 Å². The molecule has 25 heavy (non-hydrogen) atoms. The Morgan fingerprint density at radius 1 is 1.00 bits per heavy atom. The molecule has 0 N–H and O–H groups in total. The van der Waals surface area contributed by atoms with Gasteiger partial charge in [-0.15, -0.1) is 0 Å². The molecule has 1 heterocycles. The lowest BCUT2D eigenvalue weighted by molar-refractivity contribution is 0.0603. The van der Waals surface area contributed by atoms with Gasteiger partial charge in [0.25, 0.3) is 0 Å². The Bertz CT molecular complexity index is 909. The number of methoxy groups -OCH3 is 2. The van der Waals surface area contributed by atoms with Crippen LogP contribution in [0.4, 0.5) is 0 Å². The van der Waals surface area contributed by atoms with Crippen LogP contribution in [0.5, 0.6) is 5.75 Å². The molecule has 3 rings (SSSR count). The van der Waals surface area contributed by atoms with Crippen molar-refractivity contribution in [2.45, 2.75) is 12.8 Å². The van der Waals surface area contributed by atoms with Crippen molar-refractivity contribution in [1.29, 1.82) is 0 Å². The smallest absolute Gasteiger partial charge is 0.340 e. The lowest BCUT2D eigenvalue weighted by atomic mass is 10.1. The van der Waals surface area contributed by atoms with Crippen molar-refractivity contribution in [1.82, 2.24) is 4.57 Å². The van der Waals surface area contributed by atoms with Crippen molar-refractivity contribution in [2.75, 3.05) is 14.2 Å². The zero-order valence-electron chi connectivity index (χ0n) is 14.2. The van der Waals surface area contributed by atoms with Gasteiger partial charge in [0.2, 0.25) is 5.91 Å². The summed E-state index contributed by atoms with van der Waals surface area (Å²) < 4.78 is 11.5. The number of para-hydroxylation sites is 1. The van der Waals surface area contributed by atoms with E-state index >= 15 is 0 Å². The van der Waals surface area contributed by atoms with E-state index in [4.69, 9.17) is 9.47 Å². The maximum Gasteiger partial charge on any atom is 0.340 e. The number of rotatable bonds is 5. The van der Waals surface area contributed by atoms with Crippen molar-refractivity contribution >= 4 is 22.8 Å². The number of fused-ring (bicyclic) bond motifs is 1. The van der Waals surface area contributed by atoms with E-state index in [1.807, 2.05) is 48.5 Å². The van der Waals surface area contributed by atoms with Crippen LogP contribution in [-0.2, 0) is 11.2 Å². The van der Waals surface area contributed by atoms with Gasteiger partial charge in [-0.05, 0) is 30.2 Å². The van der Waals surface area contributed by atoms with E-state index in [-0.39, 0.29) is 5.91 Å². The molecule has 0 aliphatic rings. The molecular formula is C20H19NO4. The van der Waals surface area contributed by atoms with Gasteiger partial charge in [0, 0.05) is 18.0 Å². The maximum absolute atomic E-state index is 12.7. The highest BCUT2D eigenvalue weighted by molar-refractivity contribution is 6.07. The standard InChI is InChI=1S/C20H19NO4/c1-24-15-10-7-14(8-11-15)9-12-19(22)21-13-17(20(23)25-2)16-5-3-4-6-18(16)21/h3-8,10-11,13H,9,12H2,1-2H3. The average molecular weight is 337 g/mol. The van der Waals surface area contributed by atoms with E-state index in [1.165, 1.54) is 11.7 Å². The number of hydrogen-bond acceptors (Lipinski definition) is 4. The highest BCUT2D eigenvalue weighted by atomic mass is 16.5. The molecule has 1 aromatic heterocycles. The Hall–Kier alpha value is -3.08. The third kappa shape index (κ3) is 3.40. The minimum Gasteiger partial charge on any atom is -0.497 e. The van der Waals surface area contributed by atoms with Gasteiger partial charge in [-0.2, -0.15) is 0 Å². The Labute approximate surface area is 145 Å². The Morgan fingerprint density at radius 3 is 2.40 bits per heavy atom. The molecule has 0 amide bonds. The topological polar surface area (TPSA) is 57.5 Å². The number of carbonyl (C=O) groups is 2. The quantitative estimate of drug-likeness (QED) is 0.666. The predicted molar refractivity (Wildman–Crippen MR) is 95.2 cm³/mol. The van der Waals surface area contributed by atoms with Crippen molar-refractivity contribution < 1.29 is 19.1 Å². The maximum atomic E-state index is 12.7. The summed E-state index contributed by atoms with van der Waals surface area (Å²) in [5.74, 6) is 0.272. The number of hydrogen-bond donors (Lipinski definition) is 0. The minimum absolute atomic E-state index is 0.0674. The lowest BCUT2D eigenvalue weighted by Crippen LogP contribution is -2.10. The molecule has 3 aromatic rings. The fourth-order valence-corrected chi connectivity index (χ4v) is 2.82. The summed E-state index contributed by atoms with van der Waals surface area (Å²) in [5.41, 5.74) is 2.16. The van der Waals surface area contributed by atoms with E-state index in [1.54, 1.807) is 13.3 Å². The van der Waals surface area contributed by atoms with Crippen molar-refractivity contribution in [2.24, 2.45) is 0 Å². The molecule has 0 radical (unpaired) electrons. The molecule has 0 aliphatic carbocycles. The molecule has 0 aliphatic heterocycles. The molecule has 0 spiro atoms. The molecule has 5 nitrogen and oxygen atoms in total. The van der Waals surface area contributed by atoms with Crippen LogP contribution in [0.15, 0.2) is 54.7 Å². The predicted octanol–water partition coefficient (Wildman–Crippen LogP) is 3.71. The summed E-state index contributed by atoms with van der Waals surface area (Å²) >= 11 is 0. The molecule has 0 unspecified atom stereocenters. The number of esters is 1. The first kappa shape index (κ1) is 16.8. The molecule has 2 aromatic carbocycles. The van der Waals surface area contributed by atoms with Gasteiger partial charge in [0.15, 0.2) is 0 Å². The SMILES string of the molecule is COC(=O)c1cn(C(=O)CCc2ccc(OC)cc2)c2ccccc12. The van der Waals surface area contributed by atoms with Gasteiger partial charge < -0.3 is 9.47 Å². The van der Waals surface area contributed by atoms with Crippen LogP contribution in [0.3, 0.4) is 0 Å². The third-order valence-electron chi connectivity index (χ3n) is 4.17. The summed E-state index contributed by atoms with van der Waals surface area (Å²) in [6.45, 7) is 0. The van der Waals surface area contributed by atoms with Crippen LogP contribution < -0.4 is 4.74 Å². The van der Waals surface area contributed by atoms with Gasteiger partial charge in [-0.3, -0.25) is 9.36 Å². The molecule has 0 saturated heterocycles. The first-order valence-electron chi connectivity index (χ1n) is 7.98. The second kappa shape index (κ2) is 7.21. The van der Waals surface area contributed by atoms with Gasteiger partial charge in [0.05, 0.1) is 25.3 Å². The number of aromatic nitrogens is 1. The number of nitrogens with zero attached hydrogens (tertiary/aromatic N) is 1. The summed E-state index contributed by atoms with van der Waals surface area (Å²) in [7, 11) is 2.95. The van der Waals surface area contributed by atoms with Crippen LogP contribution in [-0.4, -0.2) is 30.7 Å². The Kier molecular flexibility index (Phi) is 4.84. The molecule has 0 atom stereocenters. The van der Waals surface area contributed by atoms with Crippen LogP contribution >= 0.6 is 0 Å². The molecule has 0 saturated carbocycles. The molecule has 0 bridgehead atoms. The fourth-order valence-electron chi connectivity index (χ4n) is 2.82. The van der Waals surface area contributed by atoms with Gasteiger partial charge in [-0.25, -0.2) is 4.79 Å². The molecule has 128 valence electrons. The highest BCUT2D eigenvalue weighted by Gasteiger charge is 2.18. The summed E-state index contributed by atoms with van der Waals surface area (Å²) in [4.78, 5) is 24.6. The average Bonchev–Trinajstić information content (AvgIpc) is 3.05. The lowest BCUT2D eigenvalue weighted by Gasteiger charge is -2.05. The second-order valence-corrected chi connectivity index (χ2v) is 5.66. The molecule has 0 fully saturated rings. The largest absolute Gasteiger partial charge is 0.497 e. The fraction of sp³-hybridized carbons (Fsp3) is 0.200. The van der Waals surface area contributed by atoms with E-state index in [0.717, 1.165) is 11.3 Å². The molecular weight excluding hydrogens is 318 g/mol. The van der Waals surface area contributed by atoms with Gasteiger partial charge >= 0.3 is 5.97 Å². The van der Waals surface area contributed by atoms with Crippen molar-refractivity contribution in [3.8, 4) is 5.75 Å². The number of ether oxygens (including phenoxy) is 2. The normalized spacial score (nSPS) is 10.6. The highest BCUT2D eigenvalue weighted by Crippen LogP contribution is 2.23. The van der Waals surface area contributed by atoms with Crippen LogP contribution in [0.1, 0.15) is 27.1 Å². The van der Waals surface area contributed by atoms with E-state index in [2.05, 4.69) is 0 Å². The summed E-state index contributed by atoms with van der Waals surface area (Å²) in [6, 6.07) is 15.0. The zero-order chi connectivity index (χ0) is 17.8. The number of aryl methyl sites for hydroxylation is 1. The first-order valence-corrected chi connectivity index (χ1v) is 7.98. The molecule has 5 heteroatoms. The van der Waals surface area contributed by atoms with Gasteiger partial charge in [-0.1, -0.05) is 30.3 Å². The summed E-state index contributed by atoms with van der Waals surface area (Å²) in [6.07, 6.45) is 2.52. The number of benzene rings is 2. The summed E-state index contributed by atoms with van der Waals surface area (Å²) in [5, 5.41) is 0.715. The zero-order valence-corrected chi connectivity index (χ0v) is 14.2. The number of carbonyl (C=O) groups excluding carboxylic acids is 2. The van der Waals surface area contributed by atoms with Crippen LogP contribution in [0, 0.1) is 0 Å². The first-order chi connectivity index (χ1) is 12.1.